The Labute approximate surface area is 189 Å². The van der Waals surface area contributed by atoms with Gasteiger partial charge in [-0.15, -0.1) is 0 Å². The van der Waals surface area contributed by atoms with Crippen LogP contribution in [0.15, 0.2) is 59.4 Å². The van der Waals surface area contributed by atoms with Crippen LogP contribution in [-0.2, 0) is 12.5 Å². The molecule has 3 heterocycles. The molecule has 0 saturated carbocycles. The molecule has 0 radical (unpaired) electrons. The lowest BCUT2D eigenvalue weighted by Crippen LogP contribution is -2.19. The minimum Gasteiger partial charge on any atom is -0.457 e. The van der Waals surface area contributed by atoms with Gasteiger partial charge in [-0.3, -0.25) is 15.0 Å². The Kier molecular flexibility index (Phi) is 5.82. The standard InChI is InChI=1S/C23H23FN6O3/c1-23(2,3)20-13-21(33-29-20)27-22(31)26-17-6-5-14(11-16(17)24)32-15-7-9-25-19(12-15)18-8-10-30(4)28-18/h5-13H,1-4H3,(H2,26,27,31). The largest absolute Gasteiger partial charge is 0.457 e. The predicted molar refractivity (Wildman–Crippen MR) is 121 cm³/mol. The second-order valence-corrected chi connectivity index (χ2v) is 8.40. The highest BCUT2D eigenvalue weighted by Crippen LogP contribution is 2.28. The van der Waals surface area contributed by atoms with Crippen molar-refractivity contribution < 1.29 is 18.4 Å². The summed E-state index contributed by atoms with van der Waals surface area (Å²) in [6.45, 7) is 5.91. The molecule has 4 aromatic rings. The number of carbonyl (C=O) groups is 1. The molecule has 3 aromatic heterocycles. The maximum Gasteiger partial charge on any atom is 0.326 e. The number of rotatable bonds is 5. The van der Waals surface area contributed by atoms with Crippen molar-refractivity contribution in [1.29, 1.82) is 0 Å². The van der Waals surface area contributed by atoms with E-state index in [2.05, 4.69) is 25.9 Å². The van der Waals surface area contributed by atoms with Crippen LogP contribution in [0.1, 0.15) is 26.5 Å². The molecule has 2 amide bonds. The van der Waals surface area contributed by atoms with Gasteiger partial charge in [-0.25, -0.2) is 9.18 Å². The van der Waals surface area contributed by atoms with Gasteiger partial charge in [0.1, 0.15) is 23.0 Å². The first kappa shape index (κ1) is 22.0. The molecule has 0 bridgehead atoms. The minimum absolute atomic E-state index is 0.0145. The minimum atomic E-state index is -0.659. The number of anilines is 2. The van der Waals surface area contributed by atoms with Crippen LogP contribution in [0, 0.1) is 5.82 Å². The number of aryl methyl sites for hydroxylation is 1. The summed E-state index contributed by atoms with van der Waals surface area (Å²) in [4.78, 5) is 16.5. The molecular weight excluding hydrogens is 427 g/mol. The van der Waals surface area contributed by atoms with E-state index in [1.807, 2.05) is 40.1 Å². The summed E-state index contributed by atoms with van der Waals surface area (Å²) in [7, 11) is 1.82. The van der Waals surface area contributed by atoms with Gasteiger partial charge in [0.05, 0.1) is 17.1 Å². The van der Waals surface area contributed by atoms with Gasteiger partial charge in [-0.05, 0) is 24.3 Å². The highest BCUT2D eigenvalue weighted by Gasteiger charge is 2.20. The summed E-state index contributed by atoms with van der Waals surface area (Å²) in [5.41, 5.74) is 1.77. The lowest BCUT2D eigenvalue weighted by molar-refractivity contribution is 0.261. The van der Waals surface area contributed by atoms with E-state index >= 15 is 0 Å². The van der Waals surface area contributed by atoms with E-state index < -0.39 is 11.8 Å². The molecule has 0 spiro atoms. The number of nitrogens with one attached hydrogen (secondary N) is 2. The third-order valence-corrected chi connectivity index (χ3v) is 4.65. The molecule has 0 unspecified atom stereocenters. The van der Waals surface area contributed by atoms with Crippen molar-refractivity contribution in [3.05, 3.63) is 66.4 Å². The quantitative estimate of drug-likeness (QED) is 0.425. The van der Waals surface area contributed by atoms with Gasteiger partial charge >= 0.3 is 6.03 Å². The average molecular weight is 450 g/mol. The van der Waals surface area contributed by atoms with Crippen LogP contribution in [0.5, 0.6) is 11.5 Å². The number of benzene rings is 1. The molecular formula is C23H23FN6O3. The van der Waals surface area contributed by atoms with E-state index in [0.29, 0.717) is 22.8 Å². The van der Waals surface area contributed by atoms with E-state index in [4.69, 9.17) is 9.26 Å². The topological polar surface area (TPSA) is 107 Å². The van der Waals surface area contributed by atoms with E-state index in [-0.39, 0.29) is 22.7 Å². The van der Waals surface area contributed by atoms with E-state index in [9.17, 15) is 9.18 Å². The third-order valence-electron chi connectivity index (χ3n) is 4.65. The Bertz CT molecular complexity index is 1290. The maximum atomic E-state index is 14.6. The second kappa shape index (κ2) is 8.73. The van der Waals surface area contributed by atoms with Crippen molar-refractivity contribution in [3.8, 4) is 22.9 Å². The normalized spacial score (nSPS) is 11.3. The van der Waals surface area contributed by atoms with Crippen LogP contribution >= 0.6 is 0 Å². The number of nitrogens with zero attached hydrogens (tertiary/aromatic N) is 4. The number of halogens is 1. The van der Waals surface area contributed by atoms with Gasteiger partial charge in [-0.1, -0.05) is 25.9 Å². The van der Waals surface area contributed by atoms with Gasteiger partial charge in [0.15, 0.2) is 0 Å². The number of hydrogen-bond acceptors (Lipinski definition) is 6. The number of aromatic nitrogens is 4. The zero-order chi connectivity index (χ0) is 23.6. The summed E-state index contributed by atoms with van der Waals surface area (Å²) < 4.78 is 27.1. The van der Waals surface area contributed by atoms with E-state index in [0.717, 1.165) is 0 Å². The average Bonchev–Trinajstić information content (AvgIpc) is 3.39. The van der Waals surface area contributed by atoms with Crippen LogP contribution in [0.3, 0.4) is 0 Å². The van der Waals surface area contributed by atoms with Crippen LogP contribution in [0.4, 0.5) is 20.8 Å². The summed E-state index contributed by atoms with van der Waals surface area (Å²) in [5, 5.41) is 13.2. The van der Waals surface area contributed by atoms with Crippen LogP contribution in [0.25, 0.3) is 11.4 Å². The predicted octanol–water partition coefficient (Wildman–Crippen LogP) is 5.34. The number of ether oxygens (including phenoxy) is 1. The first-order valence-corrected chi connectivity index (χ1v) is 10.2. The maximum absolute atomic E-state index is 14.6. The van der Waals surface area contributed by atoms with Crippen LogP contribution in [0.2, 0.25) is 0 Å². The molecule has 0 saturated heterocycles. The molecule has 4 rings (SSSR count). The van der Waals surface area contributed by atoms with Gasteiger partial charge in [0.25, 0.3) is 0 Å². The zero-order valence-corrected chi connectivity index (χ0v) is 18.6. The van der Waals surface area contributed by atoms with Crippen molar-refractivity contribution in [2.75, 3.05) is 10.6 Å². The molecule has 0 aliphatic carbocycles. The highest BCUT2D eigenvalue weighted by molar-refractivity contribution is 5.99. The Morgan fingerprint density at radius 2 is 1.85 bits per heavy atom. The molecule has 2 N–H and O–H groups in total. The first-order valence-electron chi connectivity index (χ1n) is 10.2. The summed E-state index contributed by atoms with van der Waals surface area (Å²) in [6.07, 6.45) is 3.40. The molecule has 0 atom stereocenters. The van der Waals surface area contributed by atoms with Crippen molar-refractivity contribution in [2.45, 2.75) is 26.2 Å². The molecule has 10 heteroatoms. The Hall–Kier alpha value is -4.21. The number of amides is 2. The molecule has 9 nitrogen and oxygen atoms in total. The Morgan fingerprint density at radius 1 is 1.06 bits per heavy atom. The third kappa shape index (κ3) is 5.35. The lowest BCUT2D eigenvalue weighted by Gasteiger charge is -2.12. The number of carbonyl (C=O) groups excluding carboxylic acids is 1. The van der Waals surface area contributed by atoms with Crippen molar-refractivity contribution in [2.24, 2.45) is 7.05 Å². The van der Waals surface area contributed by atoms with E-state index in [1.165, 1.54) is 12.1 Å². The smallest absolute Gasteiger partial charge is 0.326 e. The van der Waals surface area contributed by atoms with Crippen molar-refractivity contribution in [3.63, 3.8) is 0 Å². The van der Waals surface area contributed by atoms with E-state index in [1.54, 1.807) is 35.1 Å². The van der Waals surface area contributed by atoms with Gasteiger partial charge in [0, 0.05) is 43.1 Å². The second-order valence-electron chi connectivity index (χ2n) is 8.40. The summed E-state index contributed by atoms with van der Waals surface area (Å²) >= 11 is 0. The molecule has 1 aromatic carbocycles. The van der Waals surface area contributed by atoms with Crippen LogP contribution in [-0.4, -0.2) is 26.0 Å². The van der Waals surface area contributed by atoms with Crippen molar-refractivity contribution >= 4 is 17.6 Å². The molecule has 170 valence electrons. The number of hydrogen-bond donors (Lipinski definition) is 2. The number of urea groups is 1. The fourth-order valence-corrected chi connectivity index (χ4v) is 2.92. The molecule has 0 aliphatic rings. The Morgan fingerprint density at radius 3 is 2.52 bits per heavy atom. The van der Waals surface area contributed by atoms with Gasteiger partial charge in [0.2, 0.25) is 5.88 Å². The number of pyridine rings is 1. The molecule has 33 heavy (non-hydrogen) atoms. The summed E-state index contributed by atoms with van der Waals surface area (Å²) in [6, 6.07) is 10.3. The summed E-state index contributed by atoms with van der Waals surface area (Å²) in [5.74, 6) is 0.249. The van der Waals surface area contributed by atoms with Crippen LogP contribution < -0.4 is 15.4 Å². The lowest BCUT2D eigenvalue weighted by atomic mass is 9.92. The van der Waals surface area contributed by atoms with Gasteiger partial charge < -0.3 is 14.6 Å². The Balaban J connectivity index is 1.41. The SMILES string of the molecule is Cn1ccc(-c2cc(Oc3ccc(NC(=O)Nc4cc(C(C)(C)C)no4)c(F)c3)ccn2)n1. The fourth-order valence-electron chi connectivity index (χ4n) is 2.92. The van der Waals surface area contributed by atoms with Gasteiger partial charge in [-0.2, -0.15) is 5.10 Å². The first-order chi connectivity index (χ1) is 15.7. The fraction of sp³-hybridized carbons (Fsp3) is 0.217. The van der Waals surface area contributed by atoms with Crippen molar-refractivity contribution in [1.82, 2.24) is 19.9 Å². The monoisotopic (exact) mass is 450 g/mol. The molecule has 0 aliphatic heterocycles. The zero-order valence-electron chi connectivity index (χ0n) is 18.6. The molecule has 0 fully saturated rings. The highest BCUT2D eigenvalue weighted by atomic mass is 19.1.